The van der Waals surface area contributed by atoms with Gasteiger partial charge in [0.1, 0.15) is 24.6 Å². The molecule has 0 radical (unpaired) electrons. The van der Waals surface area contributed by atoms with Crippen LogP contribution in [0.4, 0.5) is 4.79 Å². The first-order chi connectivity index (χ1) is 16.6. The highest BCUT2D eigenvalue weighted by Crippen LogP contribution is 2.35. The van der Waals surface area contributed by atoms with Crippen LogP contribution in [0.15, 0.2) is 41.6 Å². The molecule has 9 heteroatoms. The lowest BCUT2D eigenvalue weighted by molar-refractivity contribution is 0.0150. The molecular weight excluding hydrogens is 491 g/mol. The van der Waals surface area contributed by atoms with Gasteiger partial charge in [-0.15, -0.1) is 0 Å². The number of carbonyl (C=O) groups excluding carboxylic acids is 1. The van der Waals surface area contributed by atoms with Gasteiger partial charge in [0.05, 0.1) is 16.6 Å². The number of piperidine rings is 1. The van der Waals surface area contributed by atoms with E-state index in [1.807, 2.05) is 52.0 Å². The molecule has 1 saturated heterocycles. The number of carbonyl (C=O) groups is 1. The van der Waals surface area contributed by atoms with E-state index in [-0.39, 0.29) is 24.5 Å². The second-order valence-electron chi connectivity index (χ2n) is 9.72. The molecule has 0 aromatic heterocycles. The highest BCUT2D eigenvalue weighted by Gasteiger charge is 2.34. The minimum Gasteiger partial charge on any atom is -0.490 e. The molecule has 1 amide bonds. The summed E-state index contributed by atoms with van der Waals surface area (Å²) in [6.07, 6.45) is 0.372. The summed E-state index contributed by atoms with van der Waals surface area (Å²) < 4.78 is 17.0. The Bertz CT molecular complexity index is 1000. The van der Waals surface area contributed by atoms with Crippen molar-refractivity contribution >= 4 is 29.3 Å². The van der Waals surface area contributed by atoms with E-state index in [0.29, 0.717) is 47.8 Å². The van der Waals surface area contributed by atoms with Gasteiger partial charge in [0.15, 0.2) is 5.75 Å². The number of hydrogen-bond donors (Lipinski definition) is 0. The first-order valence-electron chi connectivity index (χ1n) is 11.7. The van der Waals surface area contributed by atoms with Crippen LogP contribution in [0.3, 0.4) is 0 Å². The number of nitroso groups, excluding NO2 is 1. The molecule has 1 heterocycles. The highest BCUT2D eigenvalue weighted by molar-refractivity contribution is 6.37. The zero-order valence-electron chi connectivity index (χ0n) is 20.6. The van der Waals surface area contributed by atoms with Crippen LogP contribution >= 0.6 is 23.2 Å². The number of aryl methyl sites for hydroxylation is 1. The van der Waals surface area contributed by atoms with Gasteiger partial charge in [-0.1, -0.05) is 40.5 Å². The Morgan fingerprint density at radius 2 is 1.71 bits per heavy atom. The summed E-state index contributed by atoms with van der Waals surface area (Å²) in [5.41, 5.74) is 1.49. The highest BCUT2D eigenvalue weighted by atomic mass is 35.5. The molecule has 0 spiro atoms. The van der Waals surface area contributed by atoms with Crippen LogP contribution in [0.5, 0.6) is 11.5 Å². The van der Waals surface area contributed by atoms with Gasteiger partial charge in [0, 0.05) is 19.0 Å². The van der Waals surface area contributed by atoms with E-state index in [9.17, 15) is 9.70 Å². The summed E-state index contributed by atoms with van der Waals surface area (Å²) in [5.74, 6) is 1.20. The summed E-state index contributed by atoms with van der Waals surface area (Å²) in [7, 11) is 0. The number of nitrogens with zero attached hydrogens (tertiary/aromatic N) is 2. The molecule has 3 rings (SSSR count). The molecule has 1 fully saturated rings. The van der Waals surface area contributed by atoms with Crippen LogP contribution in [-0.2, 0) is 4.74 Å². The lowest BCUT2D eigenvalue weighted by Crippen LogP contribution is -2.46. The maximum atomic E-state index is 12.5. The Balaban J connectivity index is 1.54. The number of hydrogen-bond acceptors (Lipinski definition) is 6. The molecule has 2 aromatic rings. The Morgan fingerprint density at radius 3 is 2.31 bits per heavy atom. The summed E-state index contributed by atoms with van der Waals surface area (Å²) >= 11 is 12.4. The van der Waals surface area contributed by atoms with Gasteiger partial charge in [-0.2, -0.15) is 4.91 Å². The van der Waals surface area contributed by atoms with Crippen LogP contribution < -0.4 is 9.47 Å². The monoisotopic (exact) mass is 522 g/mol. The number of amides is 1. The normalized spacial score (nSPS) is 18.2. The van der Waals surface area contributed by atoms with E-state index >= 15 is 0 Å². The number of ether oxygens (including phenoxy) is 3. The summed E-state index contributed by atoms with van der Waals surface area (Å²) in [4.78, 5) is 25.2. The third-order valence-corrected chi connectivity index (χ3v) is 6.31. The molecule has 7 nitrogen and oxygen atoms in total. The van der Waals surface area contributed by atoms with Crippen molar-refractivity contribution in [2.45, 2.75) is 45.6 Å². The summed E-state index contributed by atoms with van der Waals surface area (Å²) in [6, 6.07) is 11.4. The third kappa shape index (κ3) is 7.74. The topological polar surface area (TPSA) is 77.4 Å². The Hall–Kier alpha value is -2.51. The van der Waals surface area contributed by atoms with Crippen LogP contribution in [0.2, 0.25) is 10.0 Å². The van der Waals surface area contributed by atoms with Crippen molar-refractivity contribution < 1.29 is 19.0 Å². The number of likely N-dealkylation sites (tertiary alicyclic amines) is 1. The van der Waals surface area contributed by atoms with Crippen LogP contribution in [0.1, 0.15) is 44.2 Å². The SMILES string of the molecule is Cc1cc(Cl)c(OCCOc2ccc([C@H]3CCN(C(=O)OC(C)(C)C)C[C@@H]3CN=O)cc2)c(Cl)c1. The fourth-order valence-electron chi connectivity index (χ4n) is 4.18. The Kier molecular flexibility index (Phi) is 9.25. The number of benzene rings is 2. The number of halogens is 2. The maximum Gasteiger partial charge on any atom is 0.410 e. The van der Waals surface area contributed by atoms with Crippen molar-refractivity contribution in [1.82, 2.24) is 4.90 Å². The Morgan fingerprint density at radius 1 is 1.09 bits per heavy atom. The number of rotatable bonds is 8. The first-order valence-corrected chi connectivity index (χ1v) is 12.4. The van der Waals surface area contributed by atoms with E-state index < -0.39 is 5.60 Å². The molecule has 0 unspecified atom stereocenters. The van der Waals surface area contributed by atoms with Crippen molar-refractivity contribution in [3.8, 4) is 11.5 Å². The van der Waals surface area contributed by atoms with Crippen molar-refractivity contribution in [3.05, 3.63) is 62.5 Å². The molecule has 1 aliphatic heterocycles. The lowest BCUT2D eigenvalue weighted by atomic mass is 9.80. The average molecular weight is 523 g/mol. The van der Waals surface area contributed by atoms with Gasteiger partial charge in [0.2, 0.25) is 0 Å². The quantitative estimate of drug-likeness (QED) is 0.279. The Labute approximate surface area is 216 Å². The molecule has 1 aliphatic rings. The maximum absolute atomic E-state index is 12.5. The fraction of sp³-hybridized carbons (Fsp3) is 0.500. The second kappa shape index (κ2) is 12.0. The molecule has 0 saturated carbocycles. The van der Waals surface area contributed by atoms with E-state index in [0.717, 1.165) is 17.5 Å². The zero-order chi connectivity index (χ0) is 25.6. The molecule has 0 bridgehead atoms. The molecule has 2 atom stereocenters. The molecular formula is C26H32Cl2N2O5. The lowest BCUT2D eigenvalue weighted by Gasteiger charge is -2.38. The van der Waals surface area contributed by atoms with Crippen molar-refractivity contribution in [1.29, 1.82) is 0 Å². The van der Waals surface area contributed by atoms with Gasteiger partial charge < -0.3 is 19.1 Å². The average Bonchev–Trinajstić information content (AvgIpc) is 2.77. The predicted molar refractivity (Wildman–Crippen MR) is 138 cm³/mol. The molecule has 190 valence electrons. The third-order valence-electron chi connectivity index (χ3n) is 5.74. The van der Waals surface area contributed by atoms with Crippen molar-refractivity contribution in [3.63, 3.8) is 0 Å². The van der Waals surface area contributed by atoms with Crippen molar-refractivity contribution in [2.75, 3.05) is 32.8 Å². The standard InChI is InChI=1S/C26H32Cl2N2O5/c1-17-13-22(27)24(23(28)14-17)34-12-11-33-20-7-5-18(6-8-20)21-9-10-30(16-19(21)15-29-32)25(31)35-26(2,3)4/h5-8,13-14,19,21H,9-12,15-16H2,1-4H3/t19-,21+/m0/s1. The smallest absolute Gasteiger partial charge is 0.410 e. The summed E-state index contributed by atoms with van der Waals surface area (Å²) in [5, 5.41) is 4.06. The van der Waals surface area contributed by atoms with Gasteiger partial charge >= 0.3 is 6.09 Å². The molecule has 0 aliphatic carbocycles. The van der Waals surface area contributed by atoms with Gasteiger partial charge in [-0.25, -0.2) is 4.79 Å². The fourth-order valence-corrected chi connectivity index (χ4v) is 4.89. The minimum absolute atomic E-state index is 0.0713. The van der Waals surface area contributed by atoms with Gasteiger partial charge in [-0.3, -0.25) is 0 Å². The van der Waals surface area contributed by atoms with Crippen LogP contribution in [-0.4, -0.2) is 49.4 Å². The minimum atomic E-state index is -0.564. The summed E-state index contributed by atoms with van der Waals surface area (Å²) in [6.45, 7) is 9.19. The molecule has 0 N–H and O–H groups in total. The second-order valence-corrected chi connectivity index (χ2v) is 10.5. The predicted octanol–water partition coefficient (Wildman–Crippen LogP) is 6.87. The van der Waals surface area contributed by atoms with Crippen LogP contribution in [0.25, 0.3) is 0 Å². The van der Waals surface area contributed by atoms with Crippen molar-refractivity contribution in [2.24, 2.45) is 11.1 Å². The largest absolute Gasteiger partial charge is 0.490 e. The van der Waals surface area contributed by atoms with E-state index in [2.05, 4.69) is 5.18 Å². The zero-order valence-corrected chi connectivity index (χ0v) is 22.1. The van der Waals surface area contributed by atoms with E-state index in [1.54, 1.807) is 17.0 Å². The van der Waals surface area contributed by atoms with Crippen LogP contribution in [0, 0.1) is 17.7 Å². The molecule has 35 heavy (non-hydrogen) atoms. The first kappa shape index (κ1) is 27.1. The van der Waals surface area contributed by atoms with E-state index in [4.69, 9.17) is 37.4 Å². The van der Waals surface area contributed by atoms with Gasteiger partial charge in [-0.05, 0) is 75.4 Å². The van der Waals surface area contributed by atoms with E-state index in [1.165, 1.54) is 0 Å². The molecule has 2 aromatic carbocycles. The van der Waals surface area contributed by atoms with Gasteiger partial charge in [0.25, 0.3) is 0 Å².